The maximum absolute atomic E-state index is 10.7. The molecule has 6 nitrogen and oxygen atoms in total. The van der Waals surface area contributed by atoms with E-state index in [1.165, 1.54) is 0 Å². The quantitative estimate of drug-likeness (QED) is 0.396. The molecule has 1 unspecified atom stereocenters. The normalized spacial score (nSPS) is 13.9. The number of phenols is 1. The highest BCUT2D eigenvalue weighted by atomic mass is 32.2. The van der Waals surface area contributed by atoms with E-state index in [1.54, 1.807) is 0 Å². The van der Waals surface area contributed by atoms with Crippen molar-refractivity contribution in [2.75, 3.05) is 0 Å². The molecule has 1 rings (SSSR count). The van der Waals surface area contributed by atoms with Gasteiger partial charge in [-0.25, -0.2) is 0 Å². The Balaban J connectivity index is 3.34. The summed E-state index contributed by atoms with van der Waals surface area (Å²) in [6, 6.07) is 2.92. The molecular weight excluding hydrogens is 210 g/mol. The molecule has 0 aliphatic carbocycles. The van der Waals surface area contributed by atoms with Gasteiger partial charge in [0, 0.05) is 5.56 Å². The van der Waals surface area contributed by atoms with Gasteiger partial charge in [-0.15, -0.1) is 0 Å². The lowest BCUT2D eigenvalue weighted by Gasteiger charge is -2.08. The third-order valence-electron chi connectivity index (χ3n) is 1.62. The minimum atomic E-state index is -4.35. The van der Waals surface area contributed by atoms with Crippen molar-refractivity contribution in [2.45, 2.75) is 11.1 Å². The van der Waals surface area contributed by atoms with E-state index in [1.807, 2.05) is 0 Å². The molecule has 0 saturated carbocycles. The van der Waals surface area contributed by atoms with Crippen molar-refractivity contribution >= 4 is 10.1 Å². The first kappa shape index (κ1) is 10.9. The number of hydrogen-bond donors (Lipinski definition) is 4. The molecule has 0 fully saturated rings. The highest BCUT2D eigenvalue weighted by Gasteiger charge is 2.14. The van der Waals surface area contributed by atoms with Gasteiger partial charge in [0.2, 0.25) is 0 Å². The topological polar surface area (TPSA) is 121 Å². The summed E-state index contributed by atoms with van der Waals surface area (Å²) in [7, 11) is -4.35. The van der Waals surface area contributed by atoms with Crippen LogP contribution in [-0.4, -0.2) is 23.2 Å². The Labute approximate surface area is 80.4 Å². The van der Waals surface area contributed by atoms with Crippen LogP contribution < -0.4 is 5.73 Å². The summed E-state index contributed by atoms with van der Waals surface area (Å²) < 4.78 is 30.0. The SMILES string of the molecule is NC(O)c1cc(S(=O)(=O)O)ccc1O. The predicted molar refractivity (Wildman–Crippen MR) is 47.1 cm³/mol. The Morgan fingerprint density at radius 3 is 2.36 bits per heavy atom. The minimum Gasteiger partial charge on any atom is -0.508 e. The number of phenolic OH excluding ortho intramolecular Hbond substituents is 1. The Hall–Kier alpha value is -1.15. The number of benzene rings is 1. The van der Waals surface area contributed by atoms with Gasteiger partial charge in [-0.3, -0.25) is 4.55 Å². The zero-order valence-corrected chi connectivity index (χ0v) is 7.77. The van der Waals surface area contributed by atoms with Gasteiger partial charge in [-0.1, -0.05) is 0 Å². The van der Waals surface area contributed by atoms with E-state index < -0.39 is 21.2 Å². The van der Waals surface area contributed by atoms with E-state index in [-0.39, 0.29) is 11.3 Å². The van der Waals surface area contributed by atoms with Gasteiger partial charge in [0.05, 0.1) is 4.90 Å². The Morgan fingerprint density at radius 1 is 1.36 bits per heavy atom. The van der Waals surface area contributed by atoms with Crippen LogP contribution in [0.5, 0.6) is 5.75 Å². The van der Waals surface area contributed by atoms with Crippen molar-refractivity contribution in [1.82, 2.24) is 0 Å². The standard InChI is InChI=1S/C7H9NO5S/c8-7(10)5-3-4(14(11,12)13)1-2-6(5)9/h1-3,7,9-10H,8H2,(H,11,12,13). The fraction of sp³-hybridized carbons (Fsp3) is 0.143. The molecule has 0 amide bonds. The second-order valence-corrected chi connectivity index (χ2v) is 4.06. The molecule has 1 atom stereocenters. The van der Waals surface area contributed by atoms with Crippen LogP contribution in [0.2, 0.25) is 0 Å². The van der Waals surface area contributed by atoms with Crippen LogP contribution in [0.15, 0.2) is 23.1 Å². The van der Waals surface area contributed by atoms with Crippen LogP contribution in [0.4, 0.5) is 0 Å². The predicted octanol–water partition coefficient (Wildman–Crippen LogP) is -0.412. The van der Waals surface area contributed by atoms with Crippen LogP contribution in [0, 0.1) is 0 Å². The van der Waals surface area contributed by atoms with Crippen LogP contribution in [0.25, 0.3) is 0 Å². The van der Waals surface area contributed by atoms with Gasteiger partial charge < -0.3 is 15.9 Å². The van der Waals surface area contributed by atoms with E-state index in [2.05, 4.69) is 0 Å². The number of rotatable bonds is 2. The first-order valence-electron chi connectivity index (χ1n) is 3.56. The summed E-state index contributed by atoms with van der Waals surface area (Å²) >= 11 is 0. The number of aromatic hydroxyl groups is 1. The molecule has 78 valence electrons. The number of hydrogen-bond acceptors (Lipinski definition) is 5. The Kier molecular flexibility index (Phi) is 2.76. The zero-order chi connectivity index (χ0) is 10.9. The average molecular weight is 219 g/mol. The second kappa shape index (κ2) is 3.54. The number of nitrogens with two attached hydrogens (primary N) is 1. The molecule has 1 aromatic rings. The van der Waals surface area contributed by atoms with E-state index in [0.29, 0.717) is 0 Å². The molecule has 0 aromatic heterocycles. The van der Waals surface area contributed by atoms with E-state index in [0.717, 1.165) is 18.2 Å². The van der Waals surface area contributed by atoms with Crippen molar-refractivity contribution < 1.29 is 23.2 Å². The third kappa shape index (κ3) is 2.20. The largest absolute Gasteiger partial charge is 0.508 e. The molecular formula is C7H9NO5S. The van der Waals surface area contributed by atoms with Gasteiger partial charge in [0.25, 0.3) is 10.1 Å². The molecule has 0 aliphatic heterocycles. The molecule has 7 heteroatoms. The van der Waals surface area contributed by atoms with Crippen molar-refractivity contribution in [2.24, 2.45) is 5.73 Å². The lowest BCUT2D eigenvalue weighted by Crippen LogP contribution is -2.10. The van der Waals surface area contributed by atoms with Gasteiger partial charge >= 0.3 is 0 Å². The van der Waals surface area contributed by atoms with Crippen molar-refractivity contribution in [3.63, 3.8) is 0 Å². The molecule has 0 radical (unpaired) electrons. The molecule has 5 N–H and O–H groups in total. The lowest BCUT2D eigenvalue weighted by atomic mass is 10.2. The van der Waals surface area contributed by atoms with E-state index in [4.69, 9.17) is 20.5 Å². The molecule has 1 aromatic carbocycles. The highest BCUT2D eigenvalue weighted by Crippen LogP contribution is 2.24. The van der Waals surface area contributed by atoms with Crippen LogP contribution in [-0.2, 0) is 10.1 Å². The fourth-order valence-corrected chi connectivity index (χ4v) is 1.45. The first-order chi connectivity index (χ1) is 6.32. The van der Waals surface area contributed by atoms with Gasteiger partial charge in [-0.05, 0) is 18.2 Å². The summed E-state index contributed by atoms with van der Waals surface area (Å²) in [5, 5.41) is 18.1. The molecule has 0 spiro atoms. The van der Waals surface area contributed by atoms with Crippen LogP contribution >= 0.6 is 0 Å². The van der Waals surface area contributed by atoms with Gasteiger partial charge in [0.15, 0.2) is 0 Å². The van der Waals surface area contributed by atoms with Crippen molar-refractivity contribution in [3.05, 3.63) is 23.8 Å². The summed E-state index contributed by atoms with van der Waals surface area (Å²) in [5.74, 6) is -0.340. The van der Waals surface area contributed by atoms with Crippen LogP contribution in [0.3, 0.4) is 0 Å². The summed E-state index contributed by atoms with van der Waals surface area (Å²) in [4.78, 5) is -0.435. The summed E-state index contributed by atoms with van der Waals surface area (Å²) in [5.41, 5.74) is 4.88. The van der Waals surface area contributed by atoms with Gasteiger partial charge in [-0.2, -0.15) is 8.42 Å². The number of aliphatic hydroxyl groups is 1. The Morgan fingerprint density at radius 2 is 1.93 bits per heavy atom. The maximum Gasteiger partial charge on any atom is 0.294 e. The monoisotopic (exact) mass is 219 g/mol. The maximum atomic E-state index is 10.7. The van der Waals surface area contributed by atoms with Crippen molar-refractivity contribution in [1.29, 1.82) is 0 Å². The molecule has 0 heterocycles. The summed E-state index contributed by atoms with van der Waals surface area (Å²) in [6.07, 6.45) is -1.50. The molecule has 0 aliphatic rings. The molecule has 0 bridgehead atoms. The lowest BCUT2D eigenvalue weighted by molar-refractivity contribution is 0.182. The molecule has 0 saturated heterocycles. The highest BCUT2D eigenvalue weighted by molar-refractivity contribution is 7.85. The summed E-state index contributed by atoms with van der Waals surface area (Å²) in [6.45, 7) is 0. The Bertz CT molecular complexity index is 439. The van der Waals surface area contributed by atoms with Crippen LogP contribution in [0.1, 0.15) is 11.8 Å². The van der Waals surface area contributed by atoms with E-state index in [9.17, 15) is 8.42 Å². The van der Waals surface area contributed by atoms with Gasteiger partial charge in [0.1, 0.15) is 12.0 Å². The molecule has 14 heavy (non-hydrogen) atoms. The zero-order valence-electron chi connectivity index (χ0n) is 6.95. The first-order valence-corrected chi connectivity index (χ1v) is 5.00. The van der Waals surface area contributed by atoms with E-state index >= 15 is 0 Å². The number of aliphatic hydroxyl groups excluding tert-OH is 1. The fourth-order valence-electron chi connectivity index (χ4n) is 0.930. The second-order valence-electron chi connectivity index (χ2n) is 2.64. The van der Waals surface area contributed by atoms with Crippen molar-refractivity contribution in [3.8, 4) is 5.75 Å². The minimum absolute atomic E-state index is 0.167. The smallest absolute Gasteiger partial charge is 0.294 e. The third-order valence-corrected chi connectivity index (χ3v) is 2.47. The average Bonchev–Trinajstić information content (AvgIpc) is 2.02.